The molecule has 0 amide bonds. The largest absolute Gasteiger partial charge is 0.481 e. The Kier molecular flexibility index (Phi) is 4.75. The molecule has 1 aromatic carbocycles. The van der Waals surface area contributed by atoms with Crippen molar-refractivity contribution in [1.29, 1.82) is 0 Å². The summed E-state index contributed by atoms with van der Waals surface area (Å²) < 4.78 is 11.7. The molecule has 3 rings (SSSR count). The van der Waals surface area contributed by atoms with Gasteiger partial charge in [-0.25, -0.2) is 0 Å². The third-order valence-corrected chi connectivity index (χ3v) is 4.32. The summed E-state index contributed by atoms with van der Waals surface area (Å²) >= 11 is 0. The Bertz CT molecular complexity index is 800. The fourth-order valence-electron chi connectivity index (χ4n) is 3.20. The van der Waals surface area contributed by atoms with E-state index in [-0.39, 0.29) is 5.97 Å². The molecule has 0 aliphatic carbocycles. The molecule has 132 valence electrons. The number of esters is 1. The van der Waals surface area contributed by atoms with E-state index in [1.807, 2.05) is 26.0 Å². The highest BCUT2D eigenvalue weighted by Gasteiger charge is 2.37. The Balaban J connectivity index is 2.13. The molecule has 0 spiro atoms. The standard InChI is InChI=1S/C20H24N2O3/c1-5-6-7-8-14-11-15(24-13(2)23)17-16(12-14)25-20(3,4)19-18(17)21-9-10-22-19/h9-12H,5-8H2,1-4H3. The number of aryl methyl sites for hydroxylation is 1. The number of aromatic nitrogens is 2. The van der Waals surface area contributed by atoms with E-state index in [1.165, 1.54) is 13.3 Å². The molecule has 0 bridgehead atoms. The van der Waals surface area contributed by atoms with Crippen molar-refractivity contribution in [2.24, 2.45) is 0 Å². The molecule has 0 saturated heterocycles. The predicted octanol–water partition coefficient (Wildman–Crippen LogP) is 4.43. The number of ether oxygens (including phenoxy) is 2. The van der Waals surface area contributed by atoms with E-state index in [1.54, 1.807) is 12.4 Å². The maximum absolute atomic E-state index is 11.6. The topological polar surface area (TPSA) is 61.3 Å². The van der Waals surface area contributed by atoms with Gasteiger partial charge in [-0.15, -0.1) is 0 Å². The zero-order chi connectivity index (χ0) is 18.0. The second kappa shape index (κ2) is 6.82. The number of hydrogen-bond donors (Lipinski definition) is 0. The van der Waals surface area contributed by atoms with Gasteiger partial charge in [0.2, 0.25) is 0 Å². The molecule has 5 nitrogen and oxygen atoms in total. The minimum absolute atomic E-state index is 0.358. The Morgan fingerprint density at radius 1 is 1.20 bits per heavy atom. The highest BCUT2D eigenvalue weighted by molar-refractivity contribution is 5.82. The lowest BCUT2D eigenvalue weighted by Crippen LogP contribution is -2.31. The van der Waals surface area contributed by atoms with E-state index < -0.39 is 5.60 Å². The van der Waals surface area contributed by atoms with Crippen LogP contribution in [0.25, 0.3) is 11.3 Å². The minimum atomic E-state index is -0.591. The molecule has 1 aromatic heterocycles. The van der Waals surface area contributed by atoms with Crippen LogP contribution in [-0.4, -0.2) is 15.9 Å². The second-order valence-corrected chi connectivity index (χ2v) is 6.88. The molecule has 0 saturated carbocycles. The summed E-state index contributed by atoms with van der Waals surface area (Å²) in [5.74, 6) is 0.833. The summed E-state index contributed by atoms with van der Waals surface area (Å²) in [5, 5.41) is 0. The van der Waals surface area contributed by atoms with Crippen LogP contribution >= 0.6 is 0 Å². The average molecular weight is 340 g/mol. The number of rotatable bonds is 5. The van der Waals surface area contributed by atoms with Crippen LogP contribution in [0.5, 0.6) is 11.5 Å². The van der Waals surface area contributed by atoms with Crippen LogP contribution in [0.4, 0.5) is 0 Å². The number of carbonyl (C=O) groups excluding carboxylic acids is 1. The Morgan fingerprint density at radius 3 is 2.68 bits per heavy atom. The molecule has 0 fully saturated rings. The maximum Gasteiger partial charge on any atom is 0.308 e. The van der Waals surface area contributed by atoms with E-state index in [0.29, 0.717) is 22.8 Å². The van der Waals surface area contributed by atoms with E-state index in [0.717, 1.165) is 30.5 Å². The van der Waals surface area contributed by atoms with Gasteiger partial charge in [-0.3, -0.25) is 14.8 Å². The van der Waals surface area contributed by atoms with Crippen LogP contribution in [0, 0.1) is 0 Å². The monoisotopic (exact) mass is 340 g/mol. The third-order valence-electron chi connectivity index (χ3n) is 4.32. The van der Waals surface area contributed by atoms with Crippen molar-refractivity contribution in [3.05, 3.63) is 35.8 Å². The van der Waals surface area contributed by atoms with Crippen molar-refractivity contribution in [3.63, 3.8) is 0 Å². The van der Waals surface area contributed by atoms with E-state index in [4.69, 9.17) is 9.47 Å². The predicted molar refractivity (Wildman–Crippen MR) is 95.7 cm³/mol. The van der Waals surface area contributed by atoms with Gasteiger partial charge in [0.15, 0.2) is 0 Å². The van der Waals surface area contributed by atoms with Crippen molar-refractivity contribution in [2.45, 2.75) is 59.0 Å². The van der Waals surface area contributed by atoms with Crippen molar-refractivity contribution < 1.29 is 14.3 Å². The molecule has 25 heavy (non-hydrogen) atoms. The number of carbonyl (C=O) groups is 1. The van der Waals surface area contributed by atoms with Crippen molar-refractivity contribution in [3.8, 4) is 22.8 Å². The van der Waals surface area contributed by atoms with Crippen LogP contribution in [-0.2, 0) is 16.8 Å². The molecular weight excluding hydrogens is 316 g/mol. The van der Waals surface area contributed by atoms with E-state index in [9.17, 15) is 4.79 Å². The Hall–Kier alpha value is -2.43. The van der Waals surface area contributed by atoms with Gasteiger partial charge in [0.1, 0.15) is 28.5 Å². The van der Waals surface area contributed by atoms with Crippen molar-refractivity contribution in [2.75, 3.05) is 0 Å². The molecule has 2 heterocycles. The highest BCUT2D eigenvalue weighted by atomic mass is 16.5. The quantitative estimate of drug-likeness (QED) is 0.458. The molecule has 0 atom stereocenters. The average Bonchev–Trinajstić information content (AvgIpc) is 2.54. The molecule has 0 unspecified atom stereocenters. The van der Waals surface area contributed by atoms with Gasteiger partial charge in [0.05, 0.1) is 5.56 Å². The lowest BCUT2D eigenvalue weighted by Gasteiger charge is -2.33. The number of nitrogens with zero attached hydrogens (tertiary/aromatic N) is 2. The van der Waals surface area contributed by atoms with Gasteiger partial charge >= 0.3 is 5.97 Å². The normalized spacial score (nSPS) is 14.2. The SMILES string of the molecule is CCCCCc1cc(OC(C)=O)c2c(c1)OC(C)(C)c1nccnc1-2. The number of fused-ring (bicyclic) bond motifs is 3. The van der Waals surface area contributed by atoms with Gasteiger partial charge in [-0.2, -0.15) is 0 Å². The van der Waals surface area contributed by atoms with Crippen molar-refractivity contribution in [1.82, 2.24) is 9.97 Å². The van der Waals surface area contributed by atoms with Gasteiger partial charge in [-0.1, -0.05) is 19.8 Å². The van der Waals surface area contributed by atoms with Gasteiger partial charge in [-0.05, 0) is 44.4 Å². The number of hydrogen-bond acceptors (Lipinski definition) is 5. The van der Waals surface area contributed by atoms with E-state index in [2.05, 4.69) is 16.9 Å². The summed E-state index contributed by atoms with van der Waals surface area (Å²) in [6, 6.07) is 3.97. The Labute approximate surface area is 148 Å². The zero-order valence-corrected chi connectivity index (χ0v) is 15.3. The molecule has 2 aromatic rings. The van der Waals surface area contributed by atoms with Gasteiger partial charge in [0.25, 0.3) is 0 Å². The summed E-state index contributed by atoms with van der Waals surface area (Å²) in [6.45, 7) is 7.52. The lowest BCUT2D eigenvalue weighted by molar-refractivity contribution is -0.131. The summed E-state index contributed by atoms with van der Waals surface area (Å²) in [5.41, 5.74) is 2.68. The minimum Gasteiger partial charge on any atom is -0.481 e. The first-order valence-electron chi connectivity index (χ1n) is 8.78. The molecule has 1 aliphatic rings. The van der Waals surface area contributed by atoms with Gasteiger partial charge in [0, 0.05) is 19.3 Å². The number of unbranched alkanes of at least 4 members (excludes halogenated alkanes) is 2. The molecule has 5 heteroatoms. The molecular formula is C20H24N2O3. The van der Waals surface area contributed by atoms with Crippen molar-refractivity contribution >= 4 is 5.97 Å². The molecule has 0 radical (unpaired) electrons. The Morgan fingerprint density at radius 2 is 1.96 bits per heavy atom. The summed E-state index contributed by atoms with van der Waals surface area (Å²) in [6.07, 6.45) is 7.65. The first-order valence-corrected chi connectivity index (χ1v) is 8.78. The second-order valence-electron chi connectivity index (χ2n) is 6.88. The smallest absolute Gasteiger partial charge is 0.308 e. The summed E-state index contributed by atoms with van der Waals surface area (Å²) in [7, 11) is 0. The molecule has 0 N–H and O–H groups in total. The zero-order valence-electron chi connectivity index (χ0n) is 15.3. The third kappa shape index (κ3) is 3.50. The molecule has 1 aliphatic heterocycles. The van der Waals surface area contributed by atoms with Crippen LogP contribution in [0.15, 0.2) is 24.5 Å². The van der Waals surface area contributed by atoms with Crippen LogP contribution < -0.4 is 9.47 Å². The fraction of sp³-hybridized carbons (Fsp3) is 0.450. The van der Waals surface area contributed by atoms with Crippen LogP contribution in [0.3, 0.4) is 0 Å². The van der Waals surface area contributed by atoms with E-state index >= 15 is 0 Å². The van der Waals surface area contributed by atoms with Gasteiger partial charge < -0.3 is 9.47 Å². The van der Waals surface area contributed by atoms with Crippen LogP contribution in [0.2, 0.25) is 0 Å². The maximum atomic E-state index is 11.6. The highest BCUT2D eigenvalue weighted by Crippen LogP contribution is 2.48. The first kappa shape index (κ1) is 17.4. The summed E-state index contributed by atoms with van der Waals surface area (Å²) in [4.78, 5) is 20.6. The number of benzene rings is 1. The fourth-order valence-corrected chi connectivity index (χ4v) is 3.20. The first-order chi connectivity index (χ1) is 11.9. The van der Waals surface area contributed by atoms with Crippen LogP contribution in [0.1, 0.15) is 58.2 Å². The lowest BCUT2D eigenvalue weighted by atomic mass is 9.92.